The molecule has 0 aliphatic carbocycles. The summed E-state index contributed by atoms with van der Waals surface area (Å²) in [6, 6.07) is 0.202. The molecule has 0 bridgehead atoms. The van der Waals surface area contributed by atoms with Gasteiger partial charge in [-0.3, -0.25) is 10.1 Å². The minimum atomic E-state index is -1.40. The van der Waals surface area contributed by atoms with Crippen molar-refractivity contribution < 1.29 is 32.6 Å². The number of rotatable bonds is 11. The highest BCUT2D eigenvalue weighted by atomic mass is 32.1. The molecule has 36 heavy (non-hydrogen) atoms. The van der Waals surface area contributed by atoms with Crippen LogP contribution in [0.15, 0.2) is 6.07 Å². The van der Waals surface area contributed by atoms with Gasteiger partial charge in [0.05, 0.1) is 11.7 Å². The van der Waals surface area contributed by atoms with E-state index in [1.54, 1.807) is 0 Å². The number of ether oxygens (including phenoxy) is 1. The van der Waals surface area contributed by atoms with Gasteiger partial charge in [-0.1, -0.05) is 6.42 Å². The van der Waals surface area contributed by atoms with Crippen LogP contribution in [0.1, 0.15) is 53.6 Å². The van der Waals surface area contributed by atoms with Gasteiger partial charge in [0, 0.05) is 13.1 Å². The number of carbonyl (C=O) groups excluding carboxylic acids is 2. The molecule has 1 saturated heterocycles. The highest BCUT2D eigenvalue weighted by Crippen LogP contribution is 2.31. The van der Waals surface area contributed by atoms with Crippen LogP contribution in [-0.4, -0.2) is 58.6 Å². The summed E-state index contributed by atoms with van der Waals surface area (Å²) >= 11 is 0.691. The van der Waals surface area contributed by atoms with E-state index in [0.29, 0.717) is 30.9 Å². The molecule has 3 amide bonds. The number of aromatic nitrogens is 1. The Morgan fingerprint density at radius 3 is 2.67 bits per heavy atom. The summed E-state index contributed by atoms with van der Waals surface area (Å²) in [6.07, 6.45) is 4.10. The van der Waals surface area contributed by atoms with Gasteiger partial charge in [0.15, 0.2) is 11.6 Å². The minimum absolute atomic E-state index is 0.0174. The number of aliphatic hydroxyl groups is 1. The number of halogens is 3. The molecule has 5 N–H and O–H groups in total. The lowest BCUT2D eigenvalue weighted by Crippen LogP contribution is -2.37. The van der Waals surface area contributed by atoms with Crippen molar-refractivity contribution in [3.8, 4) is 5.88 Å². The predicted molar refractivity (Wildman–Crippen MR) is 129 cm³/mol. The molecule has 0 spiro atoms. The van der Waals surface area contributed by atoms with Gasteiger partial charge in [0.25, 0.3) is 5.91 Å². The molecule has 1 aromatic carbocycles. The Kier molecular flexibility index (Phi) is 9.90. The zero-order valence-electron chi connectivity index (χ0n) is 19.9. The number of hydrogen-bond donors (Lipinski definition) is 4. The third-order valence-corrected chi connectivity index (χ3v) is 6.59. The Hall–Kier alpha value is -2.90. The van der Waals surface area contributed by atoms with Crippen molar-refractivity contribution in [1.29, 1.82) is 0 Å². The first kappa shape index (κ1) is 27.7. The van der Waals surface area contributed by atoms with Gasteiger partial charge < -0.3 is 25.8 Å². The second kappa shape index (κ2) is 12.9. The Labute approximate surface area is 211 Å². The number of amides is 3. The van der Waals surface area contributed by atoms with Crippen LogP contribution in [0.4, 0.5) is 23.0 Å². The molecule has 1 fully saturated rings. The largest absolute Gasteiger partial charge is 0.471 e. The van der Waals surface area contributed by atoms with Gasteiger partial charge in [-0.05, 0) is 68.9 Å². The lowest BCUT2D eigenvalue weighted by molar-refractivity contribution is 0.0933. The van der Waals surface area contributed by atoms with E-state index >= 15 is 0 Å². The van der Waals surface area contributed by atoms with E-state index in [0.717, 1.165) is 32.0 Å². The average molecular weight is 530 g/mol. The highest BCUT2D eigenvalue weighted by Gasteiger charge is 2.24. The van der Waals surface area contributed by atoms with Crippen LogP contribution in [0.25, 0.3) is 0 Å². The van der Waals surface area contributed by atoms with Crippen molar-refractivity contribution in [2.45, 2.75) is 51.7 Å². The smallest absolute Gasteiger partial charge is 0.319 e. The molecule has 1 unspecified atom stereocenters. The number of benzene rings is 1. The molecule has 9 nitrogen and oxygen atoms in total. The predicted octanol–water partition coefficient (Wildman–Crippen LogP) is 3.30. The fourth-order valence-corrected chi connectivity index (χ4v) is 4.65. The van der Waals surface area contributed by atoms with E-state index in [1.165, 1.54) is 13.3 Å². The molecular weight excluding hydrogens is 499 g/mol. The van der Waals surface area contributed by atoms with Gasteiger partial charge >= 0.3 is 6.03 Å². The summed E-state index contributed by atoms with van der Waals surface area (Å²) in [4.78, 5) is 26.4. The van der Waals surface area contributed by atoms with Crippen LogP contribution in [0.2, 0.25) is 0 Å². The lowest BCUT2D eigenvalue weighted by Gasteiger charge is -2.28. The van der Waals surface area contributed by atoms with Gasteiger partial charge in [-0.15, -0.1) is 0 Å². The van der Waals surface area contributed by atoms with Crippen LogP contribution in [0.5, 0.6) is 5.88 Å². The number of likely N-dealkylation sites (tertiary alicyclic amines) is 1. The second-order valence-electron chi connectivity index (χ2n) is 8.66. The summed E-state index contributed by atoms with van der Waals surface area (Å²) in [7, 11) is 0. The van der Waals surface area contributed by atoms with Crippen LogP contribution < -0.4 is 21.1 Å². The maximum Gasteiger partial charge on any atom is 0.319 e. The standard InChI is InChI=1S/C23H30F3N5O4S/c1-13-10-16(24)15(19(26)18(13)25)12-35-21-17(20(27)33)22(36-30-21)29-23(34)28-7-5-6-14(32)11-31-8-3-2-4-9-31/h10,14,32H,2-9,11-12H2,1H3,(H2,27,33)(H2,28,29,34). The molecule has 1 atom stereocenters. The highest BCUT2D eigenvalue weighted by molar-refractivity contribution is 7.11. The number of anilines is 1. The topological polar surface area (TPSA) is 130 Å². The number of hydrogen-bond acceptors (Lipinski definition) is 7. The first-order valence-corrected chi connectivity index (χ1v) is 12.4. The third kappa shape index (κ3) is 7.31. The van der Waals surface area contributed by atoms with Crippen LogP contribution in [-0.2, 0) is 6.61 Å². The molecule has 1 aliphatic rings. The summed E-state index contributed by atoms with van der Waals surface area (Å²) in [5, 5.41) is 15.2. The van der Waals surface area contributed by atoms with Gasteiger partial charge in [-0.2, -0.15) is 4.37 Å². The van der Waals surface area contributed by atoms with Gasteiger partial charge in [0.1, 0.15) is 23.0 Å². The van der Waals surface area contributed by atoms with E-state index in [9.17, 15) is 27.9 Å². The van der Waals surface area contributed by atoms with Crippen LogP contribution in [0, 0.1) is 24.4 Å². The van der Waals surface area contributed by atoms with Gasteiger partial charge in [-0.25, -0.2) is 18.0 Å². The number of nitrogens with two attached hydrogens (primary N) is 1. The fraction of sp³-hybridized carbons (Fsp3) is 0.522. The molecular formula is C23H30F3N5O4S. The number of β-amino-alcohol motifs (C(OH)–C–C–N with tert-alkyl or cyclic N) is 1. The number of piperidine rings is 1. The maximum absolute atomic E-state index is 14.1. The summed E-state index contributed by atoms with van der Waals surface area (Å²) in [5.41, 5.74) is 4.23. The van der Waals surface area contributed by atoms with Gasteiger partial charge in [0.2, 0.25) is 5.88 Å². The molecule has 0 radical (unpaired) electrons. The van der Waals surface area contributed by atoms with Crippen molar-refractivity contribution in [3.05, 3.63) is 40.2 Å². The number of carbonyl (C=O) groups is 2. The Bertz CT molecular complexity index is 1080. The molecule has 3 rings (SSSR count). The second-order valence-corrected chi connectivity index (χ2v) is 9.44. The number of nitrogens with zero attached hydrogens (tertiary/aromatic N) is 2. The normalized spacial score (nSPS) is 14.9. The Balaban J connectivity index is 1.50. The van der Waals surface area contributed by atoms with Crippen molar-refractivity contribution >= 4 is 28.5 Å². The van der Waals surface area contributed by atoms with Crippen molar-refractivity contribution in [3.63, 3.8) is 0 Å². The zero-order valence-corrected chi connectivity index (χ0v) is 20.7. The fourth-order valence-electron chi connectivity index (χ4n) is 3.92. The molecule has 2 aromatic rings. The van der Waals surface area contributed by atoms with E-state index in [-0.39, 0.29) is 28.6 Å². The summed E-state index contributed by atoms with van der Waals surface area (Å²) < 4.78 is 51.0. The number of aliphatic hydroxyl groups excluding tert-OH is 1. The number of primary amides is 1. The molecule has 198 valence electrons. The van der Waals surface area contributed by atoms with E-state index in [1.807, 2.05) is 0 Å². The SMILES string of the molecule is Cc1cc(F)c(COc2nsc(NC(=O)NCCCC(O)CN3CCCCC3)c2C(N)=O)c(F)c1F. The van der Waals surface area contributed by atoms with Crippen molar-refractivity contribution in [2.24, 2.45) is 5.73 Å². The number of nitrogens with one attached hydrogen (secondary N) is 2. The first-order valence-electron chi connectivity index (χ1n) is 11.7. The quantitative estimate of drug-likeness (QED) is 0.261. The monoisotopic (exact) mass is 529 g/mol. The van der Waals surface area contributed by atoms with E-state index in [4.69, 9.17) is 10.5 Å². The summed E-state index contributed by atoms with van der Waals surface area (Å²) in [6.45, 7) is 3.36. The molecule has 1 aliphatic heterocycles. The molecule has 2 heterocycles. The number of aryl methyl sites for hydroxylation is 1. The van der Waals surface area contributed by atoms with Crippen LogP contribution >= 0.6 is 11.5 Å². The van der Waals surface area contributed by atoms with Crippen molar-refractivity contribution in [1.82, 2.24) is 14.6 Å². The number of urea groups is 1. The molecule has 1 aromatic heterocycles. The molecule has 0 saturated carbocycles. The van der Waals surface area contributed by atoms with Crippen molar-refractivity contribution in [2.75, 3.05) is 31.5 Å². The Morgan fingerprint density at radius 1 is 1.25 bits per heavy atom. The Morgan fingerprint density at radius 2 is 1.97 bits per heavy atom. The average Bonchev–Trinajstić information content (AvgIpc) is 3.23. The zero-order chi connectivity index (χ0) is 26.2. The minimum Gasteiger partial charge on any atom is -0.471 e. The maximum atomic E-state index is 14.1. The van der Waals surface area contributed by atoms with Crippen LogP contribution in [0.3, 0.4) is 0 Å². The molecule has 13 heteroatoms. The van der Waals surface area contributed by atoms with E-state index < -0.39 is 47.7 Å². The third-order valence-electron chi connectivity index (χ3n) is 5.84. The first-order chi connectivity index (χ1) is 17.2. The summed E-state index contributed by atoms with van der Waals surface area (Å²) in [5.74, 6) is -4.95. The lowest BCUT2D eigenvalue weighted by atomic mass is 10.1. The van der Waals surface area contributed by atoms with E-state index in [2.05, 4.69) is 19.9 Å².